The summed E-state index contributed by atoms with van der Waals surface area (Å²) in [4.78, 5) is 18.9. The molecule has 1 aromatic carbocycles. The summed E-state index contributed by atoms with van der Waals surface area (Å²) in [6.07, 6.45) is 7.24. The Morgan fingerprint density at radius 1 is 1.27 bits per heavy atom. The molecule has 0 saturated heterocycles. The first-order valence-electron chi connectivity index (χ1n) is 8.08. The standard InChI is InChI=1S/C19H22N2O/c1-2-3-10-18(22)21-13-11-15-7-4-5-9-17(15)19(21)16-8-6-12-20-14-16/h4-9,12,14,19H,2-3,10-11,13H2,1H3. The highest BCUT2D eigenvalue weighted by Gasteiger charge is 2.31. The predicted molar refractivity (Wildman–Crippen MR) is 87.5 cm³/mol. The number of unbranched alkanes of at least 4 members (excludes halogenated alkanes) is 1. The average molecular weight is 294 g/mol. The third-order valence-electron chi connectivity index (χ3n) is 4.35. The molecule has 0 saturated carbocycles. The highest BCUT2D eigenvalue weighted by atomic mass is 16.2. The van der Waals surface area contributed by atoms with Crippen LogP contribution in [-0.2, 0) is 11.2 Å². The van der Waals surface area contributed by atoms with Crippen LogP contribution in [0, 0.1) is 0 Å². The van der Waals surface area contributed by atoms with Crippen molar-refractivity contribution in [2.45, 2.75) is 38.6 Å². The third-order valence-corrected chi connectivity index (χ3v) is 4.35. The van der Waals surface area contributed by atoms with Gasteiger partial charge in [0.05, 0.1) is 6.04 Å². The van der Waals surface area contributed by atoms with Crippen LogP contribution in [0.25, 0.3) is 0 Å². The quantitative estimate of drug-likeness (QED) is 0.860. The Balaban J connectivity index is 1.98. The maximum absolute atomic E-state index is 12.7. The molecule has 2 aromatic rings. The van der Waals surface area contributed by atoms with Crippen molar-refractivity contribution in [3.63, 3.8) is 0 Å². The molecular weight excluding hydrogens is 272 g/mol. The van der Waals surface area contributed by atoms with Crippen LogP contribution in [0.4, 0.5) is 0 Å². The normalized spacial score (nSPS) is 17.1. The van der Waals surface area contributed by atoms with Crippen molar-refractivity contribution in [2.75, 3.05) is 6.54 Å². The minimum atomic E-state index is 0.00278. The fraction of sp³-hybridized carbons (Fsp3) is 0.368. The first kappa shape index (κ1) is 14.8. The van der Waals surface area contributed by atoms with Crippen molar-refractivity contribution >= 4 is 5.91 Å². The lowest BCUT2D eigenvalue weighted by Crippen LogP contribution is -2.40. The van der Waals surface area contributed by atoms with Crippen LogP contribution < -0.4 is 0 Å². The molecule has 3 nitrogen and oxygen atoms in total. The zero-order valence-corrected chi connectivity index (χ0v) is 13.0. The first-order chi connectivity index (χ1) is 10.8. The van der Waals surface area contributed by atoms with Gasteiger partial charge in [0.1, 0.15) is 0 Å². The van der Waals surface area contributed by atoms with E-state index >= 15 is 0 Å². The lowest BCUT2D eigenvalue weighted by atomic mass is 9.88. The van der Waals surface area contributed by atoms with Crippen LogP contribution >= 0.6 is 0 Å². The Kier molecular flexibility index (Phi) is 4.52. The smallest absolute Gasteiger partial charge is 0.223 e. The van der Waals surface area contributed by atoms with Gasteiger partial charge in [-0.3, -0.25) is 9.78 Å². The van der Waals surface area contributed by atoms with E-state index in [0.29, 0.717) is 6.42 Å². The van der Waals surface area contributed by atoms with Crippen LogP contribution in [0.3, 0.4) is 0 Å². The molecule has 1 atom stereocenters. The van der Waals surface area contributed by atoms with Crippen molar-refractivity contribution in [3.8, 4) is 0 Å². The van der Waals surface area contributed by atoms with Crippen molar-refractivity contribution in [1.82, 2.24) is 9.88 Å². The summed E-state index contributed by atoms with van der Waals surface area (Å²) >= 11 is 0. The second-order valence-corrected chi connectivity index (χ2v) is 5.83. The number of benzene rings is 1. The number of carbonyl (C=O) groups is 1. The van der Waals surface area contributed by atoms with Crippen LogP contribution in [-0.4, -0.2) is 22.3 Å². The highest BCUT2D eigenvalue weighted by molar-refractivity contribution is 5.77. The molecule has 0 spiro atoms. The van der Waals surface area contributed by atoms with Crippen molar-refractivity contribution in [3.05, 3.63) is 65.5 Å². The van der Waals surface area contributed by atoms with E-state index in [9.17, 15) is 4.79 Å². The zero-order valence-electron chi connectivity index (χ0n) is 13.0. The number of rotatable bonds is 4. The minimum Gasteiger partial charge on any atom is -0.331 e. The maximum Gasteiger partial charge on any atom is 0.223 e. The molecule has 2 heterocycles. The molecule has 1 unspecified atom stereocenters. The fourth-order valence-electron chi connectivity index (χ4n) is 3.20. The van der Waals surface area contributed by atoms with Gasteiger partial charge in [-0.1, -0.05) is 43.7 Å². The maximum atomic E-state index is 12.7. The summed E-state index contributed by atoms with van der Waals surface area (Å²) < 4.78 is 0. The highest BCUT2D eigenvalue weighted by Crippen LogP contribution is 2.35. The number of carbonyl (C=O) groups excluding carboxylic acids is 1. The molecule has 114 valence electrons. The largest absolute Gasteiger partial charge is 0.331 e. The number of aromatic nitrogens is 1. The molecule has 1 aromatic heterocycles. The summed E-state index contributed by atoms with van der Waals surface area (Å²) in [5.74, 6) is 0.255. The van der Waals surface area contributed by atoms with Gasteiger partial charge in [0.2, 0.25) is 5.91 Å². The van der Waals surface area contributed by atoms with Crippen LogP contribution in [0.2, 0.25) is 0 Å². The summed E-state index contributed by atoms with van der Waals surface area (Å²) in [6, 6.07) is 12.5. The Hall–Kier alpha value is -2.16. The zero-order chi connectivity index (χ0) is 15.4. The van der Waals surface area contributed by atoms with Gasteiger partial charge < -0.3 is 4.90 Å². The minimum absolute atomic E-state index is 0.00278. The van der Waals surface area contributed by atoms with Gasteiger partial charge in [0.15, 0.2) is 0 Å². The van der Waals surface area contributed by atoms with Crippen molar-refractivity contribution < 1.29 is 4.79 Å². The van der Waals surface area contributed by atoms with E-state index in [4.69, 9.17) is 0 Å². The molecule has 3 heteroatoms. The lowest BCUT2D eigenvalue weighted by molar-refractivity contribution is -0.133. The molecule has 1 aliphatic rings. The van der Waals surface area contributed by atoms with Gasteiger partial charge in [-0.25, -0.2) is 0 Å². The van der Waals surface area contributed by atoms with Gasteiger partial charge in [-0.2, -0.15) is 0 Å². The van der Waals surface area contributed by atoms with E-state index in [1.165, 1.54) is 11.1 Å². The van der Waals surface area contributed by atoms with E-state index in [0.717, 1.165) is 31.4 Å². The van der Waals surface area contributed by atoms with E-state index in [2.05, 4.69) is 42.2 Å². The van der Waals surface area contributed by atoms with Gasteiger partial charge in [0.25, 0.3) is 0 Å². The Bertz CT molecular complexity index is 639. The molecule has 1 amide bonds. The molecule has 0 fully saturated rings. The monoisotopic (exact) mass is 294 g/mol. The fourth-order valence-corrected chi connectivity index (χ4v) is 3.20. The molecule has 0 aliphatic carbocycles. The number of nitrogens with zero attached hydrogens (tertiary/aromatic N) is 2. The predicted octanol–water partition coefficient (Wildman–Crippen LogP) is 3.75. The second-order valence-electron chi connectivity index (χ2n) is 5.83. The lowest BCUT2D eigenvalue weighted by Gasteiger charge is -2.37. The summed E-state index contributed by atoms with van der Waals surface area (Å²) in [5.41, 5.74) is 3.68. The van der Waals surface area contributed by atoms with Gasteiger partial charge in [-0.15, -0.1) is 0 Å². The molecule has 0 radical (unpaired) electrons. The van der Waals surface area contributed by atoms with Crippen molar-refractivity contribution in [1.29, 1.82) is 0 Å². The number of hydrogen-bond donors (Lipinski definition) is 0. The Morgan fingerprint density at radius 2 is 2.14 bits per heavy atom. The molecule has 0 bridgehead atoms. The number of hydrogen-bond acceptors (Lipinski definition) is 2. The average Bonchev–Trinajstić information content (AvgIpc) is 2.59. The van der Waals surface area contributed by atoms with Gasteiger partial charge >= 0.3 is 0 Å². The molecule has 22 heavy (non-hydrogen) atoms. The second kappa shape index (κ2) is 6.73. The van der Waals surface area contributed by atoms with Crippen molar-refractivity contribution in [2.24, 2.45) is 0 Å². The van der Waals surface area contributed by atoms with Crippen LogP contribution in [0.5, 0.6) is 0 Å². The van der Waals surface area contributed by atoms with Crippen LogP contribution in [0.15, 0.2) is 48.8 Å². The molecular formula is C19H22N2O. The Morgan fingerprint density at radius 3 is 2.91 bits per heavy atom. The van der Waals surface area contributed by atoms with Gasteiger partial charge in [0, 0.05) is 25.4 Å². The first-order valence-corrected chi connectivity index (χ1v) is 8.08. The van der Waals surface area contributed by atoms with E-state index in [1.807, 2.05) is 17.2 Å². The number of fused-ring (bicyclic) bond motifs is 1. The third kappa shape index (κ3) is 2.89. The van der Waals surface area contributed by atoms with Crippen LogP contribution in [0.1, 0.15) is 48.9 Å². The number of amides is 1. The Labute approximate surface area is 132 Å². The molecule has 0 N–H and O–H groups in total. The molecule has 3 rings (SSSR count). The van der Waals surface area contributed by atoms with Gasteiger partial charge in [-0.05, 0) is 35.6 Å². The SMILES string of the molecule is CCCCC(=O)N1CCc2ccccc2C1c1cccnc1. The summed E-state index contributed by atoms with van der Waals surface area (Å²) in [7, 11) is 0. The summed E-state index contributed by atoms with van der Waals surface area (Å²) in [6.45, 7) is 2.91. The number of pyridine rings is 1. The van der Waals surface area contributed by atoms with E-state index in [1.54, 1.807) is 6.20 Å². The summed E-state index contributed by atoms with van der Waals surface area (Å²) in [5, 5.41) is 0. The molecule has 1 aliphatic heterocycles. The van der Waals surface area contributed by atoms with E-state index in [-0.39, 0.29) is 11.9 Å². The van der Waals surface area contributed by atoms with E-state index < -0.39 is 0 Å². The topological polar surface area (TPSA) is 33.2 Å².